The third-order valence-corrected chi connectivity index (χ3v) is 4.18. The standard InChI is InChI=1S/C8H11ClN2O2S/c1-7(2-3-9)14(12,13)8-6-10-4-5-11-8/h4-7H,2-3H2,1H3. The van der Waals surface area contributed by atoms with E-state index in [0.717, 1.165) is 0 Å². The van der Waals surface area contributed by atoms with Gasteiger partial charge in [0, 0.05) is 18.3 Å². The zero-order valence-corrected chi connectivity index (χ0v) is 9.29. The van der Waals surface area contributed by atoms with Crippen LogP contribution in [0.1, 0.15) is 13.3 Å². The summed E-state index contributed by atoms with van der Waals surface area (Å²) in [6.45, 7) is 1.62. The van der Waals surface area contributed by atoms with Crippen LogP contribution in [-0.4, -0.2) is 29.5 Å². The van der Waals surface area contributed by atoms with Crippen LogP contribution in [0.15, 0.2) is 23.6 Å². The number of alkyl halides is 1. The number of aromatic nitrogens is 2. The van der Waals surface area contributed by atoms with Crippen molar-refractivity contribution in [2.45, 2.75) is 23.6 Å². The Hall–Kier alpha value is -0.680. The van der Waals surface area contributed by atoms with Gasteiger partial charge in [0.05, 0.1) is 11.4 Å². The van der Waals surface area contributed by atoms with Crippen molar-refractivity contribution < 1.29 is 8.42 Å². The maximum atomic E-state index is 11.8. The predicted octanol–water partition coefficient (Wildman–Crippen LogP) is 1.27. The van der Waals surface area contributed by atoms with Crippen molar-refractivity contribution in [2.75, 3.05) is 5.88 Å². The zero-order valence-electron chi connectivity index (χ0n) is 7.72. The highest BCUT2D eigenvalue weighted by atomic mass is 35.5. The van der Waals surface area contributed by atoms with Crippen LogP contribution in [0.5, 0.6) is 0 Å². The van der Waals surface area contributed by atoms with Crippen molar-refractivity contribution in [1.29, 1.82) is 0 Å². The Balaban J connectivity index is 2.97. The van der Waals surface area contributed by atoms with Gasteiger partial charge in [-0.15, -0.1) is 11.6 Å². The second-order valence-electron chi connectivity index (χ2n) is 2.88. The molecule has 0 aliphatic heterocycles. The molecule has 4 nitrogen and oxygen atoms in total. The number of nitrogens with zero attached hydrogens (tertiary/aromatic N) is 2. The van der Waals surface area contributed by atoms with Gasteiger partial charge < -0.3 is 0 Å². The molecule has 0 saturated carbocycles. The number of hydrogen-bond donors (Lipinski definition) is 0. The molecule has 1 rings (SSSR count). The Morgan fingerprint density at radius 2 is 2.21 bits per heavy atom. The quantitative estimate of drug-likeness (QED) is 0.737. The smallest absolute Gasteiger partial charge is 0.199 e. The Morgan fingerprint density at radius 3 is 2.71 bits per heavy atom. The molecule has 0 spiro atoms. The lowest BCUT2D eigenvalue weighted by Crippen LogP contribution is -2.19. The highest BCUT2D eigenvalue weighted by molar-refractivity contribution is 7.92. The Labute approximate surface area is 88.3 Å². The SMILES string of the molecule is CC(CCCl)S(=O)(=O)c1cnccn1. The molecule has 1 unspecified atom stereocenters. The van der Waals surface area contributed by atoms with Gasteiger partial charge in [0.2, 0.25) is 0 Å². The third-order valence-electron chi connectivity index (χ3n) is 1.88. The average molecular weight is 235 g/mol. The van der Waals surface area contributed by atoms with Crippen molar-refractivity contribution in [3.63, 3.8) is 0 Å². The predicted molar refractivity (Wildman–Crippen MR) is 54.0 cm³/mol. The fraction of sp³-hybridized carbons (Fsp3) is 0.500. The largest absolute Gasteiger partial charge is 0.260 e. The first-order valence-corrected chi connectivity index (χ1v) is 6.23. The maximum absolute atomic E-state index is 11.8. The van der Waals surface area contributed by atoms with Crippen molar-refractivity contribution in [3.8, 4) is 0 Å². The summed E-state index contributed by atoms with van der Waals surface area (Å²) in [6.07, 6.45) is 4.46. The van der Waals surface area contributed by atoms with E-state index in [1.807, 2.05) is 0 Å². The van der Waals surface area contributed by atoms with E-state index < -0.39 is 15.1 Å². The number of rotatable bonds is 4. The van der Waals surface area contributed by atoms with Gasteiger partial charge in [-0.1, -0.05) is 0 Å². The second-order valence-corrected chi connectivity index (χ2v) is 5.57. The van der Waals surface area contributed by atoms with E-state index in [2.05, 4.69) is 9.97 Å². The van der Waals surface area contributed by atoms with Crippen molar-refractivity contribution in [1.82, 2.24) is 9.97 Å². The fourth-order valence-corrected chi connectivity index (χ4v) is 2.66. The van der Waals surface area contributed by atoms with Crippen LogP contribution >= 0.6 is 11.6 Å². The van der Waals surface area contributed by atoms with Gasteiger partial charge in [-0.2, -0.15) is 0 Å². The molecule has 0 aromatic carbocycles. The summed E-state index contributed by atoms with van der Waals surface area (Å²) < 4.78 is 23.5. The van der Waals surface area contributed by atoms with E-state index in [4.69, 9.17) is 11.6 Å². The molecule has 0 radical (unpaired) electrons. The van der Waals surface area contributed by atoms with E-state index >= 15 is 0 Å². The van der Waals surface area contributed by atoms with Crippen LogP contribution in [0.4, 0.5) is 0 Å². The first-order chi connectivity index (χ1) is 6.59. The van der Waals surface area contributed by atoms with Gasteiger partial charge in [-0.05, 0) is 13.3 Å². The summed E-state index contributed by atoms with van der Waals surface area (Å²) in [7, 11) is -3.36. The first-order valence-electron chi connectivity index (χ1n) is 4.15. The highest BCUT2D eigenvalue weighted by Gasteiger charge is 2.23. The van der Waals surface area contributed by atoms with Gasteiger partial charge >= 0.3 is 0 Å². The van der Waals surface area contributed by atoms with Gasteiger partial charge in [0.25, 0.3) is 0 Å². The van der Waals surface area contributed by atoms with Crippen molar-refractivity contribution in [3.05, 3.63) is 18.6 Å². The van der Waals surface area contributed by atoms with E-state index in [1.54, 1.807) is 6.92 Å². The molecule has 0 aliphatic rings. The second kappa shape index (κ2) is 4.70. The molecule has 0 amide bonds. The van der Waals surface area contributed by atoms with Gasteiger partial charge in [0.1, 0.15) is 0 Å². The van der Waals surface area contributed by atoms with Crippen LogP contribution in [0, 0.1) is 0 Å². The molecule has 0 aliphatic carbocycles. The van der Waals surface area contributed by atoms with E-state index in [0.29, 0.717) is 12.3 Å². The Morgan fingerprint density at radius 1 is 1.50 bits per heavy atom. The molecule has 1 heterocycles. The Kier molecular flexibility index (Phi) is 3.83. The molecule has 0 fully saturated rings. The summed E-state index contributed by atoms with van der Waals surface area (Å²) in [6, 6.07) is 0. The topological polar surface area (TPSA) is 59.9 Å². The lowest BCUT2D eigenvalue weighted by molar-refractivity contribution is 0.576. The lowest BCUT2D eigenvalue weighted by atomic mass is 10.4. The minimum atomic E-state index is -3.36. The van der Waals surface area contributed by atoms with Crippen LogP contribution in [0.25, 0.3) is 0 Å². The molecular weight excluding hydrogens is 224 g/mol. The Bertz CT molecular complexity index is 380. The monoisotopic (exact) mass is 234 g/mol. The molecule has 1 aromatic heterocycles. The highest BCUT2D eigenvalue weighted by Crippen LogP contribution is 2.14. The number of sulfone groups is 1. The van der Waals surface area contributed by atoms with Gasteiger partial charge in [0.15, 0.2) is 14.9 Å². The molecule has 0 bridgehead atoms. The lowest BCUT2D eigenvalue weighted by Gasteiger charge is -2.09. The number of halogens is 1. The van der Waals surface area contributed by atoms with Gasteiger partial charge in [-0.3, -0.25) is 4.98 Å². The first kappa shape index (κ1) is 11.4. The summed E-state index contributed by atoms with van der Waals surface area (Å²) in [5.74, 6) is 0.320. The minimum Gasteiger partial charge on any atom is -0.260 e. The van der Waals surface area contributed by atoms with Crippen molar-refractivity contribution in [2.24, 2.45) is 0 Å². The van der Waals surface area contributed by atoms with Crippen LogP contribution in [0.2, 0.25) is 0 Å². The van der Waals surface area contributed by atoms with Crippen molar-refractivity contribution >= 4 is 21.4 Å². The van der Waals surface area contributed by atoms with Gasteiger partial charge in [-0.25, -0.2) is 13.4 Å². The summed E-state index contributed by atoms with van der Waals surface area (Å²) in [5, 5.41) is -0.505. The maximum Gasteiger partial charge on any atom is 0.199 e. The number of hydrogen-bond acceptors (Lipinski definition) is 4. The minimum absolute atomic E-state index is 0.0117. The van der Waals surface area contributed by atoms with E-state index in [-0.39, 0.29) is 5.03 Å². The summed E-state index contributed by atoms with van der Waals surface area (Å²) >= 11 is 5.49. The molecule has 0 saturated heterocycles. The fourth-order valence-electron chi connectivity index (χ4n) is 0.947. The van der Waals surface area contributed by atoms with E-state index in [1.165, 1.54) is 18.6 Å². The summed E-state index contributed by atoms with van der Waals surface area (Å²) in [4.78, 5) is 7.48. The van der Waals surface area contributed by atoms with Crippen LogP contribution < -0.4 is 0 Å². The zero-order chi connectivity index (χ0) is 10.6. The van der Waals surface area contributed by atoms with Crippen LogP contribution in [0.3, 0.4) is 0 Å². The molecular formula is C8H11ClN2O2S. The molecule has 78 valence electrons. The molecule has 6 heteroatoms. The molecule has 1 atom stereocenters. The average Bonchev–Trinajstić information content (AvgIpc) is 2.19. The van der Waals surface area contributed by atoms with Crippen LogP contribution in [-0.2, 0) is 9.84 Å². The molecule has 14 heavy (non-hydrogen) atoms. The van der Waals surface area contributed by atoms with E-state index in [9.17, 15) is 8.42 Å². The normalized spacial score (nSPS) is 13.9. The third kappa shape index (κ3) is 2.42. The molecule has 0 N–H and O–H groups in total. The molecule has 1 aromatic rings. The summed E-state index contributed by atoms with van der Waals surface area (Å²) in [5.41, 5.74) is 0.